The Morgan fingerprint density at radius 2 is 1.96 bits per heavy atom. The third-order valence-electron chi connectivity index (χ3n) is 4.55. The molecule has 1 fully saturated rings. The molecule has 1 aliphatic rings. The van der Waals surface area contributed by atoms with Gasteiger partial charge in [-0.05, 0) is 24.5 Å². The van der Waals surface area contributed by atoms with Crippen molar-refractivity contribution in [2.75, 3.05) is 26.3 Å². The monoisotopic (exact) mass is 343 g/mol. The smallest absolute Gasteiger partial charge is 0.257 e. The summed E-state index contributed by atoms with van der Waals surface area (Å²) in [5.41, 5.74) is 3.64. The number of benzene rings is 1. The Labute approximate surface area is 148 Å². The first-order valence-electron chi connectivity index (χ1n) is 8.79. The van der Waals surface area contributed by atoms with E-state index in [0.29, 0.717) is 30.0 Å². The third kappa shape index (κ3) is 4.27. The third-order valence-corrected chi connectivity index (χ3v) is 4.55. The van der Waals surface area contributed by atoms with Gasteiger partial charge in [0.25, 0.3) is 5.91 Å². The molecule has 1 aliphatic heterocycles. The summed E-state index contributed by atoms with van der Waals surface area (Å²) in [4.78, 5) is 14.9. The quantitative estimate of drug-likeness (QED) is 0.872. The molecule has 0 radical (unpaired) electrons. The molecule has 1 N–H and O–H groups in total. The Hall–Kier alpha value is -2.18. The highest BCUT2D eigenvalue weighted by atomic mass is 16.5. The normalized spacial score (nSPS) is 15.3. The minimum Gasteiger partial charge on any atom is -0.379 e. The van der Waals surface area contributed by atoms with Crippen molar-refractivity contribution in [3.05, 3.63) is 52.4 Å². The van der Waals surface area contributed by atoms with Crippen LogP contribution in [0.1, 0.15) is 39.9 Å². The summed E-state index contributed by atoms with van der Waals surface area (Å²) in [6, 6.07) is 8.24. The predicted molar refractivity (Wildman–Crippen MR) is 94.3 cm³/mol. The van der Waals surface area contributed by atoms with Crippen molar-refractivity contribution in [3.63, 3.8) is 0 Å². The van der Waals surface area contributed by atoms with Gasteiger partial charge in [-0.3, -0.25) is 9.69 Å². The van der Waals surface area contributed by atoms with Crippen LogP contribution in [0, 0.1) is 6.92 Å². The number of rotatable bonds is 6. The van der Waals surface area contributed by atoms with Gasteiger partial charge in [0.2, 0.25) is 0 Å². The molecule has 0 atom stereocenters. The van der Waals surface area contributed by atoms with Gasteiger partial charge in [-0.25, -0.2) is 0 Å². The number of nitrogens with one attached hydrogen (secondary N) is 1. The summed E-state index contributed by atoms with van der Waals surface area (Å²) in [5.74, 6) is 0.438. The molecule has 2 aromatic rings. The van der Waals surface area contributed by atoms with Crippen molar-refractivity contribution in [3.8, 4) is 0 Å². The lowest BCUT2D eigenvalue weighted by molar-refractivity contribution is 0.0340. The van der Waals surface area contributed by atoms with E-state index in [1.807, 2.05) is 19.1 Å². The number of carbonyl (C=O) groups excluding carboxylic acids is 1. The Balaban J connectivity index is 1.66. The van der Waals surface area contributed by atoms with Crippen molar-refractivity contribution in [2.45, 2.75) is 33.4 Å². The van der Waals surface area contributed by atoms with E-state index < -0.39 is 0 Å². The summed E-state index contributed by atoms with van der Waals surface area (Å²) < 4.78 is 10.6. The number of carbonyl (C=O) groups is 1. The first-order valence-corrected chi connectivity index (χ1v) is 8.79. The Morgan fingerprint density at radius 1 is 1.24 bits per heavy atom. The minimum absolute atomic E-state index is 0.128. The van der Waals surface area contributed by atoms with E-state index in [1.54, 1.807) is 6.92 Å². The molecule has 1 aromatic heterocycles. The zero-order valence-corrected chi connectivity index (χ0v) is 14.9. The number of hydrogen-bond donors (Lipinski definition) is 1. The number of aromatic nitrogens is 1. The van der Waals surface area contributed by atoms with Gasteiger partial charge < -0.3 is 14.6 Å². The van der Waals surface area contributed by atoms with Crippen LogP contribution in [0.5, 0.6) is 0 Å². The molecule has 2 heterocycles. The summed E-state index contributed by atoms with van der Waals surface area (Å²) >= 11 is 0. The Kier molecular flexibility index (Phi) is 5.83. The summed E-state index contributed by atoms with van der Waals surface area (Å²) in [7, 11) is 0. The average molecular weight is 343 g/mol. The van der Waals surface area contributed by atoms with Crippen LogP contribution in [0.15, 0.2) is 28.8 Å². The maximum atomic E-state index is 12.5. The zero-order chi connectivity index (χ0) is 17.6. The number of aryl methyl sites for hydroxylation is 2. The van der Waals surface area contributed by atoms with Gasteiger partial charge in [0, 0.05) is 26.2 Å². The second-order valence-electron chi connectivity index (χ2n) is 6.25. The van der Waals surface area contributed by atoms with Crippen LogP contribution in [-0.4, -0.2) is 42.3 Å². The highest BCUT2D eigenvalue weighted by molar-refractivity contribution is 5.96. The first kappa shape index (κ1) is 17.6. The molecule has 1 saturated heterocycles. The fourth-order valence-corrected chi connectivity index (χ4v) is 3.10. The van der Waals surface area contributed by atoms with Crippen LogP contribution >= 0.6 is 0 Å². The number of amides is 1. The second kappa shape index (κ2) is 8.27. The molecule has 0 bridgehead atoms. The summed E-state index contributed by atoms with van der Waals surface area (Å²) in [6.07, 6.45) is 0.674. The Morgan fingerprint density at radius 3 is 2.68 bits per heavy atom. The van der Waals surface area contributed by atoms with Crippen LogP contribution < -0.4 is 5.32 Å². The van der Waals surface area contributed by atoms with E-state index in [0.717, 1.165) is 38.4 Å². The van der Waals surface area contributed by atoms with Gasteiger partial charge in [-0.1, -0.05) is 36.3 Å². The maximum absolute atomic E-state index is 12.5. The van der Waals surface area contributed by atoms with Gasteiger partial charge >= 0.3 is 0 Å². The maximum Gasteiger partial charge on any atom is 0.257 e. The molecule has 0 saturated carbocycles. The van der Waals surface area contributed by atoms with Crippen LogP contribution in [0.25, 0.3) is 0 Å². The van der Waals surface area contributed by atoms with E-state index in [-0.39, 0.29) is 5.91 Å². The average Bonchev–Trinajstić information content (AvgIpc) is 3.02. The zero-order valence-electron chi connectivity index (χ0n) is 14.9. The highest BCUT2D eigenvalue weighted by Crippen LogP contribution is 2.16. The van der Waals surface area contributed by atoms with Crippen molar-refractivity contribution >= 4 is 5.91 Å². The fourth-order valence-electron chi connectivity index (χ4n) is 3.10. The highest BCUT2D eigenvalue weighted by Gasteiger charge is 2.19. The molecular weight excluding hydrogens is 318 g/mol. The number of ether oxygens (including phenoxy) is 1. The van der Waals surface area contributed by atoms with Crippen LogP contribution in [0.2, 0.25) is 0 Å². The van der Waals surface area contributed by atoms with Crippen molar-refractivity contribution in [1.29, 1.82) is 0 Å². The molecule has 0 spiro atoms. The predicted octanol–water partition coefficient (Wildman–Crippen LogP) is 2.31. The topological polar surface area (TPSA) is 67.6 Å². The van der Waals surface area contributed by atoms with Crippen LogP contribution in [0.3, 0.4) is 0 Å². The number of morpholine rings is 1. The standard InChI is InChI=1S/C19H25N3O3/c1-3-17-18(14(2)25-21-17)19(23)20-12-15-6-4-5-7-16(15)13-22-8-10-24-11-9-22/h4-7H,3,8-13H2,1-2H3,(H,20,23). The Bertz CT molecular complexity index is 720. The number of hydrogen-bond acceptors (Lipinski definition) is 5. The van der Waals surface area contributed by atoms with Gasteiger partial charge in [0.1, 0.15) is 11.3 Å². The van der Waals surface area contributed by atoms with E-state index >= 15 is 0 Å². The van der Waals surface area contributed by atoms with Gasteiger partial charge in [-0.15, -0.1) is 0 Å². The first-order chi connectivity index (χ1) is 12.2. The lowest BCUT2D eigenvalue weighted by Crippen LogP contribution is -2.36. The van der Waals surface area contributed by atoms with Crippen LogP contribution in [0.4, 0.5) is 0 Å². The molecule has 0 unspecified atom stereocenters. The fraction of sp³-hybridized carbons (Fsp3) is 0.474. The molecule has 25 heavy (non-hydrogen) atoms. The van der Waals surface area contributed by atoms with Crippen molar-refractivity contribution in [2.24, 2.45) is 0 Å². The summed E-state index contributed by atoms with van der Waals surface area (Å²) in [6.45, 7) is 8.56. The molecular formula is C19H25N3O3. The second-order valence-corrected chi connectivity index (χ2v) is 6.25. The van der Waals surface area contributed by atoms with Crippen LogP contribution in [-0.2, 0) is 24.2 Å². The SMILES string of the molecule is CCc1noc(C)c1C(=O)NCc1ccccc1CN1CCOCC1. The van der Waals surface area contributed by atoms with E-state index in [9.17, 15) is 4.79 Å². The lowest BCUT2D eigenvalue weighted by atomic mass is 10.1. The molecule has 134 valence electrons. The molecule has 6 nitrogen and oxygen atoms in total. The largest absolute Gasteiger partial charge is 0.379 e. The van der Waals surface area contributed by atoms with Gasteiger partial charge in [0.15, 0.2) is 0 Å². The lowest BCUT2D eigenvalue weighted by Gasteiger charge is -2.27. The molecule has 1 amide bonds. The number of nitrogens with zero attached hydrogens (tertiary/aromatic N) is 2. The van der Waals surface area contributed by atoms with Crippen molar-refractivity contribution < 1.29 is 14.1 Å². The molecule has 3 rings (SSSR count). The molecule has 6 heteroatoms. The van der Waals surface area contributed by atoms with Crippen molar-refractivity contribution in [1.82, 2.24) is 15.4 Å². The van der Waals surface area contributed by atoms with E-state index in [2.05, 4.69) is 27.5 Å². The van der Waals surface area contributed by atoms with E-state index in [1.165, 1.54) is 5.56 Å². The summed E-state index contributed by atoms with van der Waals surface area (Å²) in [5, 5.41) is 6.96. The minimum atomic E-state index is -0.128. The van der Waals surface area contributed by atoms with E-state index in [4.69, 9.17) is 9.26 Å². The molecule has 0 aliphatic carbocycles. The van der Waals surface area contributed by atoms with Gasteiger partial charge in [0.05, 0.1) is 18.9 Å². The molecule has 1 aromatic carbocycles. The van der Waals surface area contributed by atoms with Gasteiger partial charge in [-0.2, -0.15) is 0 Å².